The van der Waals surface area contributed by atoms with Crippen molar-refractivity contribution in [3.8, 4) is 6.26 Å². The largest absolute Gasteiger partial charge is 0.491 e. The second-order valence-electron chi connectivity index (χ2n) is 3.32. The standard InChI is InChI=1S/C7H12BNO3/c1-7(2)8(12-5-9)6(10-3)4-11-7/h6H,4H2,1-3H3/t6-/m1/s1. The topological polar surface area (TPSA) is 51.5 Å². The Bertz CT molecular complexity index is 201. The minimum atomic E-state index is -0.434. The molecule has 0 aliphatic carbocycles. The predicted octanol–water partition coefficient (Wildman–Crippen LogP) is 0.378. The highest BCUT2D eigenvalue weighted by Crippen LogP contribution is 2.26. The van der Waals surface area contributed by atoms with E-state index >= 15 is 0 Å². The summed E-state index contributed by atoms with van der Waals surface area (Å²) < 4.78 is 15.4. The van der Waals surface area contributed by atoms with Crippen LogP contribution in [0.25, 0.3) is 0 Å². The van der Waals surface area contributed by atoms with Crippen molar-refractivity contribution in [2.45, 2.75) is 25.4 Å². The van der Waals surface area contributed by atoms with Gasteiger partial charge in [0.15, 0.2) is 0 Å². The van der Waals surface area contributed by atoms with Gasteiger partial charge in [0.05, 0.1) is 12.1 Å². The van der Waals surface area contributed by atoms with Gasteiger partial charge in [-0.1, -0.05) is 0 Å². The minimum Gasteiger partial charge on any atom is -0.491 e. The second kappa shape index (κ2) is 3.34. The first-order valence-corrected chi connectivity index (χ1v) is 3.83. The van der Waals surface area contributed by atoms with Crippen molar-refractivity contribution in [1.29, 1.82) is 5.26 Å². The second-order valence-corrected chi connectivity index (χ2v) is 3.32. The van der Waals surface area contributed by atoms with E-state index in [0.717, 1.165) is 0 Å². The summed E-state index contributed by atoms with van der Waals surface area (Å²) in [7, 11) is 1.59. The van der Waals surface area contributed by atoms with Crippen LogP contribution in [0.5, 0.6) is 0 Å². The number of hydrogen-bond acceptors (Lipinski definition) is 4. The fourth-order valence-electron chi connectivity index (χ4n) is 1.38. The summed E-state index contributed by atoms with van der Waals surface area (Å²) in [5.41, 5.74) is -0.434. The normalized spacial score (nSPS) is 26.8. The number of hydrogen-bond donors (Lipinski definition) is 0. The van der Waals surface area contributed by atoms with Gasteiger partial charge in [0.2, 0.25) is 0 Å². The highest BCUT2D eigenvalue weighted by molar-refractivity contribution is 6.57. The fourth-order valence-corrected chi connectivity index (χ4v) is 1.38. The molecule has 1 saturated heterocycles. The van der Waals surface area contributed by atoms with Crippen LogP contribution in [-0.2, 0) is 14.1 Å². The maximum atomic E-state index is 8.39. The SMILES string of the molecule is CO[C@@H]1COC(C)(C)B1OC#N. The van der Waals surface area contributed by atoms with Crippen LogP contribution in [0.2, 0.25) is 0 Å². The van der Waals surface area contributed by atoms with Crippen LogP contribution in [-0.4, -0.2) is 32.1 Å². The third-order valence-electron chi connectivity index (χ3n) is 2.12. The molecule has 0 aromatic rings. The molecule has 1 rings (SSSR count). The van der Waals surface area contributed by atoms with E-state index in [0.29, 0.717) is 6.61 Å². The Morgan fingerprint density at radius 3 is 2.83 bits per heavy atom. The van der Waals surface area contributed by atoms with Crippen LogP contribution in [0, 0.1) is 11.5 Å². The lowest BCUT2D eigenvalue weighted by Crippen LogP contribution is -2.45. The monoisotopic (exact) mass is 169 g/mol. The van der Waals surface area contributed by atoms with Crippen LogP contribution in [0.3, 0.4) is 0 Å². The van der Waals surface area contributed by atoms with Gasteiger partial charge in [0, 0.05) is 7.11 Å². The summed E-state index contributed by atoms with van der Waals surface area (Å²) in [6.45, 7) is 3.95. The molecule has 5 heteroatoms. The Kier molecular flexibility index (Phi) is 2.60. The van der Waals surface area contributed by atoms with Gasteiger partial charge in [-0.15, -0.1) is 0 Å². The number of nitrogens with zero attached hydrogens (tertiary/aromatic N) is 1. The maximum Gasteiger partial charge on any atom is 0.436 e. The van der Waals surface area contributed by atoms with Gasteiger partial charge in [-0.2, -0.15) is 5.26 Å². The summed E-state index contributed by atoms with van der Waals surface area (Å²) in [4.78, 5) is 0. The van der Waals surface area contributed by atoms with Crippen molar-refractivity contribution in [3.63, 3.8) is 0 Å². The maximum absolute atomic E-state index is 8.39. The molecule has 0 N–H and O–H groups in total. The number of ether oxygens (including phenoxy) is 2. The number of methoxy groups -OCH3 is 1. The highest BCUT2D eigenvalue weighted by Gasteiger charge is 2.51. The Morgan fingerprint density at radius 1 is 1.67 bits per heavy atom. The van der Waals surface area contributed by atoms with Gasteiger partial charge in [0.1, 0.15) is 6.00 Å². The predicted molar refractivity (Wildman–Crippen MR) is 43.3 cm³/mol. The van der Waals surface area contributed by atoms with E-state index in [2.05, 4.69) is 0 Å². The van der Waals surface area contributed by atoms with E-state index in [1.807, 2.05) is 13.8 Å². The van der Waals surface area contributed by atoms with Crippen LogP contribution in [0.15, 0.2) is 0 Å². The third kappa shape index (κ3) is 1.54. The quantitative estimate of drug-likeness (QED) is 0.442. The molecule has 0 spiro atoms. The average molecular weight is 169 g/mol. The first kappa shape index (κ1) is 9.36. The number of nitriles is 1. The molecule has 66 valence electrons. The molecule has 0 radical (unpaired) electrons. The van der Waals surface area contributed by atoms with Crippen molar-refractivity contribution in [1.82, 2.24) is 0 Å². The van der Waals surface area contributed by atoms with Crippen LogP contribution < -0.4 is 0 Å². The Hall–Kier alpha value is -0.725. The molecule has 1 aliphatic heterocycles. The molecule has 12 heavy (non-hydrogen) atoms. The van der Waals surface area contributed by atoms with Crippen molar-refractivity contribution < 1.29 is 14.1 Å². The first-order valence-electron chi connectivity index (χ1n) is 3.83. The molecule has 0 bridgehead atoms. The molecule has 1 aliphatic rings. The summed E-state index contributed by atoms with van der Waals surface area (Å²) in [6.07, 6.45) is 1.67. The van der Waals surface area contributed by atoms with E-state index in [1.165, 1.54) is 0 Å². The Balaban J connectivity index is 2.67. The molecule has 0 amide bonds. The smallest absolute Gasteiger partial charge is 0.436 e. The van der Waals surface area contributed by atoms with Crippen molar-refractivity contribution >= 4 is 6.92 Å². The fraction of sp³-hybridized carbons (Fsp3) is 0.857. The van der Waals surface area contributed by atoms with Crippen molar-refractivity contribution in [2.24, 2.45) is 0 Å². The van der Waals surface area contributed by atoms with Gasteiger partial charge in [-0.05, 0) is 13.8 Å². The summed E-state index contributed by atoms with van der Waals surface area (Å²) >= 11 is 0. The van der Waals surface area contributed by atoms with E-state index in [4.69, 9.17) is 19.4 Å². The van der Waals surface area contributed by atoms with E-state index in [1.54, 1.807) is 13.4 Å². The molecule has 0 aromatic carbocycles. The molecule has 1 atom stereocenters. The first-order chi connectivity index (χ1) is 5.61. The lowest BCUT2D eigenvalue weighted by Gasteiger charge is -2.20. The third-order valence-corrected chi connectivity index (χ3v) is 2.12. The molecular formula is C7H12BNO3. The van der Waals surface area contributed by atoms with E-state index in [-0.39, 0.29) is 12.9 Å². The molecule has 0 unspecified atom stereocenters. The summed E-state index contributed by atoms with van der Waals surface area (Å²) in [6, 6.07) is -0.139. The van der Waals surface area contributed by atoms with Crippen LogP contribution in [0.4, 0.5) is 0 Å². The average Bonchev–Trinajstić information content (AvgIpc) is 2.29. The zero-order chi connectivity index (χ0) is 9.19. The highest BCUT2D eigenvalue weighted by atomic mass is 16.6. The molecule has 0 aromatic heterocycles. The lowest BCUT2D eigenvalue weighted by molar-refractivity contribution is 0.0315. The van der Waals surface area contributed by atoms with Gasteiger partial charge in [0.25, 0.3) is 6.26 Å². The molecule has 4 nitrogen and oxygen atoms in total. The molecular weight excluding hydrogens is 157 g/mol. The van der Waals surface area contributed by atoms with Crippen molar-refractivity contribution in [3.05, 3.63) is 0 Å². The van der Waals surface area contributed by atoms with Gasteiger partial charge >= 0.3 is 6.92 Å². The summed E-state index contributed by atoms with van der Waals surface area (Å²) in [5.74, 6) is 0. The van der Waals surface area contributed by atoms with E-state index in [9.17, 15) is 0 Å². The molecule has 1 fully saturated rings. The Morgan fingerprint density at radius 2 is 2.33 bits per heavy atom. The van der Waals surface area contributed by atoms with Gasteiger partial charge in [-0.3, -0.25) is 0 Å². The van der Waals surface area contributed by atoms with E-state index < -0.39 is 5.50 Å². The van der Waals surface area contributed by atoms with Crippen molar-refractivity contribution in [2.75, 3.05) is 13.7 Å². The zero-order valence-electron chi connectivity index (χ0n) is 7.53. The van der Waals surface area contributed by atoms with Crippen LogP contribution in [0.1, 0.15) is 13.8 Å². The zero-order valence-corrected chi connectivity index (χ0v) is 7.53. The molecule has 1 heterocycles. The van der Waals surface area contributed by atoms with Gasteiger partial charge in [-0.25, -0.2) is 0 Å². The Labute approximate surface area is 72.5 Å². The number of rotatable bonds is 2. The molecule has 0 saturated carbocycles. The lowest BCUT2D eigenvalue weighted by atomic mass is 9.51. The van der Waals surface area contributed by atoms with Crippen LogP contribution >= 0.6 is 0 Å². The summed E-state index contributed by atoms with van der Waals surface area (Å²) in [5, 5.41) is 8.39. The van der Waals surface area contributed by atoms with Gasteiger partial charge < -0.3 is 14.1 Å². The minimum absolute atomic E-state index is 0.139.